The van der Waals surface area contributed by atoms with E-state index in [2.05, 4.69) is 17.1 Å². The van der Waals surface area contributed by atoms with E-state index in [0.29, 0.717) is 5.54 Å². The maximum absolute atomic E-state index is 3.42. The zero-order valence-electron chi connectivity index (χ0n) is 7.40. The minimum absolute atomic E-state index is 0.545. The Morgan fingerprint density at radius 3 is 2.27 bits per heavy atom. The molecule has 11 heavy (non-hydrogen) atoms. The summed E-state index contributed by atoms with van der Waals surface area (Å²) in [7, 11) is 0. The summed E-state index contributed by atoms with van der Waals surface area (Å²) >= 11 is 0. The maximum atomic E-state index is 3.42. The first-order valence-electron chi connectivity index (χ1n) is 4.77. The monoisotopic (exact) mass is 154 g/mol. The molecule has 2 heterocycles. The highest BCUT2D eigenvalue weighted by Crippen LogP contribution is 2.29. The van der Waals surface area contributed by atoms with E-state index in [9.17, 15) is 0 Å². The normalized spacial score (nSPS) is 31.4. The van der Waals surface area contributed by atoms with E-state index >= 15 is 0 Å². The summed E-state index contributed by atoms with van der Waals surface area (Å²) in [6, 6.07) is 0. The molecule has 64 valence electrons. The number of nitrogens with one attached hydrogen (secondary N) is 1. The lowest BCUT2D eigenvalue weighted by molar-refractivity contribution is 0.0196. The molecule has 2 rings (SSSR count). The Morgan fingerprint density at radius 2 is 1.82 bits per heavy atom. The Bertz CT molecular complexity index is 134. The van der Waals surface area contributed by atoms with Gasteiger partial charge in [0.1, 0.15) is 0 Å². The SMILES string of the molecule is CC1(N2CCC2)CCNCC1. The van der Waals surface area contributed by atoms with Gasteiger partial charge in [-0.05, 0) is 52.4 Å². The third kappa shape index (κ3) is 1.30. The fraction of sp³-hybridized carbons (Fsp3) is 1.00. The van der Waals surface area contributed by atoms with Crippen LogP contribution in [0.3, 0.4) is 0 Å². The summed E-state index contributed by atoms with van der Waals surface area (Å²) in [6.45, 7) is 7.54. The van der Waals surface area contributed by atoms with Gasteiger partial charge in [0.2, 0.25) is 0 Å². The lowest BCUT2D eigenvalue weighted by Gasteiger charge is -2.49. The van der Waals surface area contributed by atoms with Gasteiger partial charge in [-0.25, -0.2) is 0 Å². The van der Waals surface area contributed by atoms with E-state index in [1.807, 2.05) is 0 Å². The van der Waals surface area contributed by atoms with Crippen molar-refractivity contribution in [2.75, 3.05) is 26.2 Å². The van der Waals surface area contributed by atoms with E-state index in [1.165, 1.54) is 45.4 Å². The van der Waals surface area contributed by atoms with Gasteiger partial charge in [-0.15, -0.1) is 0 Å². The van der Waals surface area contributed by atoms with E-state index in [-0.39, 0.29) is 0 Å². The second-order valence-corrected chi connectivity index (χ2v) is 4.09. The molecule has 2 aliphatic heterocycles. The smallest absolute Gasteiger partial charge is 0.0205 e. The molecule has 0 spiro atoms. The highest BCUT2D eigenvalue weighted by Gasteiger charge is 2.35. The number of piperidine rings is 1. The molecule has 2 fully saturated rings. The molecule has 1 N–H and O–H groups in total. The van der Waals surface area contributed by atoms with Gasteiger partial charge in [-0.3, -0.25) is 4.90 Å². The fourth-order valence-corrected chi connectivity index (χ4v) is 2.14. The van der Waals surface area contributed by atoms with Gasteiger partial charge in [-0.2, -0.15) is 0 Å². The summed E-state index contributed by atoms with van der Waals surface area (Å²) in [5, 5.41) is 3.42. The van der Waals surface area contributed by atoms with Crippen molar-refractivity contribution in [3.05, 3.63) is 0 Å². The lowest BCUT2D eigenvalue weighted by atomic mass is 9.86. The van der Waals surface area contributed by atoms with Crippen molar-refractivity contribution in [2.24, 2.45) is 0 Å². The minimum atomic E-state index is 0.545. The van der Waals surface area contributed by atoms with Gasteiger partial charge in [0, 0.05) is 5.54 Å². The summed E-state index contributed by atoms with van der Waals surface area (Å²) in [4.78, 5) is 2.65. The van der Waals surface area contributed by atoms with E-state index < -0.39 is 0 Å². The Hall–Kier alpha value is -0.0800. The number of nitrogens with zero attached hydrogens (tertiary/aromatic N) is 1. The molecule has 0 aromatic carbocycles. The van der Waals surface area contributed by atoms with Crippen molar-refractivity contribution in [2.45, 2.75) is 31.7 Å². The minimum Gasteiger partial charge on any atom is -0.317 e. The average molecular weight is 154 g/mol. The van der Waals surface area contributed by atoms with Crippen molar-refractivity contribution >= 4 is 0 Å². The van der Waals surface area contributed by atoms with Crippen LogP contribution >= 0.6 is 0 Å². The summed E-state index contributed by atoms with van der Waals surface area (Å²) in [6.07, 6.45) is 4.10. The topological polar surface area (TPSA) is 15.3 Å². The predicted molar refractivity (Wildman–Crippen MR) is 46.7 cm³/mol. The first-order chi connectivity index (χ1) is 5.31. The van der Waals surface area contributed by atoms with Crippen LogP contribution < -0.4 is 5.32 Å². The first kappa shape index (κ1) is 7.56. The molecule has 0 radical (unpaired) electrons. The number of likely N-dealkylation sites (tertiary alicyclic amines) is 1. The van der Waals surface area contributed by atoms with Crippen LogP contribution in [0.2, 0.25) is 0 Å². The van der Waals surface area contributed by atoms with Crippen molar-refractivity contribution in [3.63, 3.8) is 0 Å². The van der Waals surface area contributed by atoms with Crippen LogP contribution in [0.1, 0.15) is 26.2 Å². The molecule has 2 saturated heterocycles. The molecule has 2 heteroatoms. The van der Waals surface area contributed by atoms with Gasteiger partial charge in [-0.1, -0.05) is 0 Å². The molecule has 2 aliphatic rings. The average Bonchev–Trinajstić information content (AvgIpc) is 1.83. The predicted octanol–water partition coefficient (Wildman–Crippen LogP) is 0.834. The van der Waals surface area contributed by atoms with Crippen LogP contribution in [0.15, 0.2) is 0 Å². The summed E-state index contributed by atoms with van der Waals surface area (Å²) in [5.74, 6) is 0. The molecular weight excluding hydrogens is 136 g/mol. The lowest BCUT2D eigenvalue weighted by Crippen LogP contribution is -2.57. The van der Waals surface area contributed by atoms with Gasteiger partial charge in [0.25, 0.3) is 0 Å². The largest absolute Gasteiger partial charge is 0.317 e. The van der Waals surface area contributed by atoms with Crippen molar-refractivity contribution in [1.82, 2.24) is 10.2 Å². The Labute approximate surface area is 69.0 Å². The van der Waals surface area contributed by atoms with E-state index in [4.69, 9.17) is 0 Å². The molecule has 0 atom stereocenters. The Balaban J connectivity index is 1.94. The number of hydrogen-bond donors (Lipinski definition) is 1. The van der Waals surface area contributed by atoms with Crippen LogP contribution in [0.4, 0.5) is 0 Å². The zero-order valence-corrected chi connectivity index (χ0v) is 7.40. The first-order valence-corrected chi connectivity index (χ1v) is 4.77. The maximum Gasteiger partial charge on any atom is 0.0205 e. The molecule has 0 amide bonds. The highest BCUT2D eigenvalue weighted by molar-refractivity contribution is 4.93. The molecule has 0 unspecified atom stereocenters. The van der Waals surface area contributed by atoms with Crippen LogP contribution in [0.25, 0.3) is 0 Å². The molecule has 2 nitrogen and oxygen atoms in total. The third-order valence-electron chi connectivity index (χ3n) is 3.30. The van der Waals surface area contributed by atoms with Gasteiger partial charge in [0.05, 0.1) is 0 Å². The van der Waals surface area contributed by atoms with E-state index in [1.54, 1.807) is 0 Å². The molecule has 0 saturated carbocycles. The zero-order chi connectivity index (χ0) is 7.73. The van der Waals surface area contributed by atoms with Crippen molar-refractivity contribution in [3.8, 4) is 0 Å². The van der Waals surface area contributed by atoms with Crippen LogP contribution in [0, 0.1) is 0 Å². The molecule has 0 aliphatic carbocycles. The second kappa shape index (κ2) is 2.76. The fourth-order valence-electron chi connectivity index (χ4n) is 2.14. The summed E-state index contributed by atoms with van der Waals surface area (Å²) in [5.41, 5.74) is 0.545. The van der Waals surface area contributed by atoms with Crippen LogP contribution in [-0.4, -0.2) is 36.6 Å². The number of hydrogen-bond acceptors (Lipinski definition) is 2. The highest BCUT2D eigenvalue weighted by atomic mass is 15.2. The second-order valence-electron chi connectivity index (χ2n) is 4.09. The molecule has 0 aromatic heterocycles. The van der Waals surface area contributed by atoms with E-state index in [0.717, 1.165) is 0 Å². The standard InChI is InChI=1S/C9H18N2/c1-9(11-7-2-8-11)3-5-10-6-4-9/h10H,2-8H2,1H3. The van der Waals surface area contributed by atoms with Crippen molar-refractivity contribution in [1.29, 1.82) is 0 Å². The van der Waals surface area contributed by atoms with Crippen LogP contribution in [-0.2, 0) is 0 Å². The number of rotatable bonds is 1. The van der Waals surface area contributed by atoms with Gasteiger partial charge >= 0.3 is 0 Å². The van der Waals surface area contributed by atoms with Crippen molar-refractivity contribution < 1.29 is 0 Å². The Morgan fingerprint density at radius 1 is 1.18 bits per heavy atom. The van der Waals surface area contributed by atoms with Gasteiger partial charge in [0.15, 0.2) is 0 Å². The molecule has 0 aromatic rings. The molecular formula is C9H18N2. The van der Waals surface area contributed by atoms with Gasteiger partial charge < -0.3 is 5.32 Å². The Kier molecular flexibility index (Phi) is 1.90. The quantitative estimate of drug-likeness (QED) is 0.602. The third-order valence-corrected chi connectivity index (χ3v) is 3.30. The van der Waals surface area contributed by atoms with Crippen LogP contribution in [0.5, 0.6) is 0 Å². The summed E-state index contributed by atoms with van der Waals surface area (Å²) < 4.78 is 0. The molecule has 0 bridgehead atoms.